The molecule has 7 heteroatoms. The molecule has 0 heterocycles. The Hall–Kier alpha value is -1.35. The van der Waals surface area contributed by atoms with Crippen molar-refractivity contribution >= 4 is 33.1 Å². The Kier molecular flexibility index (Phi) is 4.81. The zero-order chi connectivity index (χ0) is 14.6. The highest BCUT2D eigenvalue weighted by molar-refractivity contribution is 14.1. The third kappa shape index (κ3) is 4.64. The summed E-state index contributed by atoms with van der Waals surface area (Å²) in [5.41, 5.74) is 1.04. The molecule has 0 radical (unpaired) electrons. The van der Waals surface area contributed by atoms with Crippen LogP contribution in [0.2, 0.25) is 0 Å². The molecule has 0 spiro atoms. The van der Waals surface area contributed by atoms with Crippen LogP contribution in [0.5, 0.6) is 11.5 Å². The van der Waals surface area contributed by atoms with E-state index in [-0.39, 0.29) is 5.75 Å². The molecule has 0 fully saturated rings. The van der Waals surface area contributed by atoms with E-state index in [4.69, 9.17) is 4.74 Å². The molecule has 2 aromatic rings. The van der Waals surface area contributed by atoms with Crippen molar-refractivity contribution in [1.29, 1.82) is 0 Å². The van der Waals surface area contributed by atoms with Gasteiger partial charge in [0.15, 0.2) is 0 Å². The number of hydrogen-bond acceptors (Lipinski definition) is 4. The van der Waals surface area contributed by atoms with E-state index in [1.165, 1.54) is 24.3 Å². The topological polar surface area (TPSA) is 52.6 Å². The maximum atomic E-state index is 12.3. The maximum absolute atomic E-state index is 12.3. The first-order valence-corrected chi connectivity index (χ1v) is 7.93. The van der Waals surface area contributed by atoms with Crippen molar-refractivity contribution in [3.05, 3.63) is 57.7 Å². The Labute approximate surface area is 130 Å². The van der Waals surface area contributed by atoms with Crippen LogP contribution in [-0.4, -0.2) is 8.42 Å². The van der Waals surface area contributed by atoms with Gasteiger partial charge in [0, 0.05) is 9.13 Å². The van der Waals surface area contributed by atoms with Crippen LogP contribution in [0.25, 0.3) is 0 Å². The van der Waals surface area contributed by atoms with Gasteiger partial charge in [-0.3, -0.25) is 0 Å². The van der Waals surface area contributed by atoms with E-state index in [1.807, 2.05) is 24.3 Å². The Bertz CT molecular complexity index is 686. The summed E-state index contributed by atoms with van der Waals surface area (Å²) in [4.78, 5) is 0. The average molecular weight is 408 g/mol. The predicted octanol–water partition coefficient (Wildman–Crippen LogP) is 3.46. The van der Waals surface area contributed by atoms with Gasteiger partial charge < -0.3 is 8.92 Å². The lowest BCUT2D eigenvalue weighted by Gasteiger charge is -2.08. The second-order valence-electron chi connectivity index (χ2n) is 3.83. The Morgan fingerprint density at radius 2 is 1.60 bits per heavy atom. The molecule has 0 amide bonds. The maximum Gasteiger partial charge on any atom is 0.488 e. The fraction of sp³-hybridized carbons (Fsp3) is 0.0769. The molecule has 0 saturated carbocycles. The second kappa shape index (κ2) is 6.40. The lowest BCUT2D eigenvalue weighted by Crippen LogP contribution is -2.01. The molecule has 4 nitrogen and oxygen atoms in total. The van der Waals surface area contributed by atoms with Crippen LogP contribution in [-0.2, 0) is 17.1 Å². The van der Waals surface area contributed by atoms with E-state index in [2.05, 4.69) is 26.8 Å². The summed E-state index contributed by atoms with van der Waals surface area (Å²) in [6, 6.07) is 13.5. The van der Waals surface area contributed by atoms with Gasteiger partial charge in [-0.2, -0.15) is 8.42 Å². The highest BCUT2D eigenvalue weighted by Gasteiger charge is 2.09. The summed E-state index contributed by atoms with van der Waals surface area (Å²) in [5, 5.41) is 0. The Morgan fingerprint density at radius 3 is 2.20 bits per heavy atom. The van der Waals surface area contributed by atoms with Crippen LogP contribution in [0.3, 0.4) is 0 Å². The van der Waals surface area contributed by atoms with Crippen molar-refractivity contribution in [3.8, 4) is 11.5 Å². The van der Waals surface area contributed by atoms with Gasteiger partial charge >= 0.3 is 10.5 Å². The van der Waals surface area contributed by atoms with E-state index < -0.39 is 10.5 Å². The largest absolute Gasteiger partial charge is 0.489 e. The Balaban J connectivity index is 1.99. The van der Waals surface area contributed by atoms with E-state index >= 15 is 0 Å². The molecular weight excluding hydrogens is 398 g/mol. The highest BCUT2D eigenvalue weighted by Crippen LogP contribution is 2.21. The monoisotopic (exact) mass is 408 g/mol. The van der Waals surface area contributed by atoms with Crippen LogP contribution in [0.15, 0.2) is 48.5 Å². The third-order valence-corrected chi connectivity index (χ3v) is 3.82. The molecule has 0 N–H and O–H groups in total. The van der Waals surface area contributed by atoms with Gasteiger partial charge in [0.2, 0.25) is 0 Å². The van der Waals surface area contributed by atoms with Gasteiger partial charge in [0.1, 0.15) is 18.1 Å². The van der Waals surface area contributed by atoms with E-state index in [1.54, 1.807) is 0 Å². The highest BCUT2D eigenvalue weighted by atomic mass is 127. The average Bonchev–Trinajstić information content (AvgIpc) is 2.38. The fourth-order valence-corrected chi connectivity index (χ4v) is 2.37. The number of rotatable bonds is 5. The van der Waals surface area contributed by atoms with Gasteiger partial charge in [-0.1, -0.05) is 22.1 Å². The van der Waals surface area contributed by atoms with E-state index in [0.29, 0.717) is 12.4 Å². The summed E-state index contributed by atoms with van der Waals surface area (Å²) in [5.74, 6) is 0.433. The zero-order valence-corrected chi connectivity index (χ0v) is 13.1. The third-order valence-electron chi connectivity index (χ3n) is 2.37. The molecule has 0 aliphatic rings. The minimum atomic E-state index is -4.99. The van der Waals surface area contributed by atoms with Crippen LogP contribution < -0.4 is 8.92 Å². The summed E-state index contributed by atoms with van der Waals surface area (Å²) in [7, 11) is -4.99. The SMILES string of the molecule is O=S(=O)(F)Oc1ccc(OCc2ccccc2I)cc1. The first-order valence-electron chi connectivity index (χ1n) is 5.54. The summed E-state index contributed by atoms with van der Waals surface area (Å²) in [6.45, 7) is 0.390. The molecule has 0 unspecified atom stereocenters. The number of hydrogen-bond donors (Lipinski definition) is 0. The first kappa shape index (κ1) is 15.0. The van der Waals surface area contributed by atoms with Crippen molar-refractivity contribution in [3.63, 3.8) is 0 Å². The standard InChI is InChI=1S/C13H10FIO4S/c14-20(16,17)19-12-7-5-11(6-8-12)18-9-10-3-1-2-4-13(10)15/h1-8H,9H2. The van der Waals surface area contributed by atoms with Gasteiger partial charge in [0.05, 0.1) is 0 Å². The molecule has 0 atom stereocenters. The quantitative estimate of drug-likeness (QED) is 0.562. The molecule has 20 heavy (non-hydrogen) atoms. The molecular formula is C13H10FIO4S. The lowest BCUT2D eigenvalue weighted by atomic mass is 10.2. The van der Waals surface area contributed by atoms with Crippen molar-refractivity contribution in [2.24, 2.45) is 0 Å². The number of benzene rings is 2. The lowest BCUT2D eigenvalue weighted by molar-refractivity contribution is 0.305. The van der Waals surface area contributed by atoms with Crippen LogP contribution in [0, 0.1) is 3.57 Å². The molecule has 0 aliphatic carbocycles. The molecule has 2 rings (SSSR count). The molecule has 0 aromatic heterocycles. The summed E-state index contributed by atoms with van der Waals surface area (Å²) < 4.78 is 43.7. The molecule has 0 bridgehead atoms. The second-order valence-corrected chi connectivity index (χ2v) is 5.94. The van der Waals surface area contributed by atoms with E-state index in [0.717, 1.165) is 9.13 Å². The van der Waals surface area contributed by atoms with Crippen LogP contribution >= 0.6 is 22.6 Å². The zero-order valence-electron chi connectivity index (χ0n) is 10.1. The minimum absolute atomic E-state index is 0.103. The van der Waals surface area contributed by atoms with Crippen molar-refractivity contribution in [1.82, 2.24) is 0 Å². The fourth-order valence-electron chi connectivity index (χ4n) is 1.48. The van der Waals surface area contributed by atoms with Crippen LogP contribution in [0.4, 0.5) is 3.89 Å². The van der Waals surface area contributed by atoms with Gasteiger partial charge in [-0.05, 0) is 52.9 Å². The van der Waals surface area contributed by atoms with Crippen LogP contribution in [0.1, 0.15) is 5.56 Å². The van der Waals surface area contributed by atoms with Crippen molar-refractivity contribution in [2.75, 3.05) is 0 Å². The van der Waals surface area contributed by atoms with Crippen molar-refractivity contribution < 1.29 is 21.2 Å². The molecule has 0 saturated heterocycles. The number of halogens is 2. The van der Waals surface area contributed by atoms with Crippen molar-refractivity contribution in [2.45, 2.75) is 6.61 Å². The molecule has 106 valence electrons. The van der Waals surface area contributed by atoms with Gasteiger partial charge in [-0.15, -0.1) is 0 Å². The van der Waals surface area contributed by atoms with Gasteiger partial charge in [-0.25, -0.2) is 0 Å². The van der Waals surface area contributed by atoms with Gasteiger partial charge in [0.25, 0.3) is 0 Å². The number of ether oxygens (including phenoxy) is 1. The molecule has 0 aliphatic heterocycles. The van der Waals surface area contributed by atoms with E-state index in [9.17, 15) is 12.3 Å². The first-order chi connectivity index (χ1) is 9.44. The minimum Gasteiger partial charge on any atom is -0.489 e. The summed E-state index contributed by atoms with van der Waals surface area (Å²) in [6.07, 6.45) is 0. The molecule has 2 aromatic carbocycles. The predicted molar refractivity (Wildman–Crippen MR) is 80.6 cm³/mol. The Morgan fingerprint density at radius 1 is 1.00 bits per heavy atom. The summed E-state index contributed by atoms with van der Waals surface area (Å²) >= 11 is 2.21. The smallest absolute Gasteiger partial charge is 0.488 e. The normalized spacial score (nSPS) is 11.1.